The van der Waals surface area contributed by atoms with Gasteiger partial charge in [0.15, 0.2) is 11.6 Å². The van der Waals surface area contributed by atoms with Crippen LogP contribution in [0.25, 0.3) is 0 Å². The molecule has 0 aliphatic carbocycles. The van der Waals surface area contributed by atoms with E-state index in [4.69, 9.17) is 4.74 Å². The van der Waals surface area contributed by atoms with Gasteiger partial charge in [-0.05, 0) is 36.2 Å². The van der Waals surface area contributed by atoms with Gasteiger partial charge in [0.2, 0.25) is 0 Å². The second-order valence-corrected chi connectivity index (χ2v) is 4.17. The van der Waals surface area contributed by atoms with E-state index in [9.17, 15) is 13.9 Å². The fourth-order valence-electron chi connectivity index (χ4n) is 1.68. The predicted octanol–water partition coefficient (Wildman–Crippen LogP) is 4.20. The average molecular weight is 264 g/mol. The maximum Gasteiger partial charge on any atom is 0.165 e. The summed E-state index contributed by atoms with van der Waals surface area (Å²) < 4.78 is 31.6. The third-order valence-electron chi connectivity index (χ3n) is 2.77. The largest absolute Gasteiger partial charge is 0.454 e. The monoisotopic (exact) mass is 264 g/mol. The predicted molar refractivity (Wildman–Crippen MR) is 68.1 cm³/mol. The van der Waals surface area contributed by atoms with E-state index in [1.165, 1.54) is 0 Å². The molecule has 0 saturated heterocycles. The number of aliphatic hydroxyl groups is 1. The molecule has 0 unspecified atom stereocenters. The van der Waals surface area contributed by atoms with E-state index in [1.807, 2.05) is 6.92 Å². The summed E-state index contributed by atoms with van der Waals surface area (Å²) in [6.45, 7) is 1.87. The summed E-state index contributed by atoms with van der Waals surface area (Å²) in [6.07, 6.45) is 0.0820. The third-order valence-corrected chi connectivity index (χ3v) is 2.77. The molecular weight excluding hydrogens is 250 g/mol. The summed E-state index contributed by atoms with van der Waals surface area (Å²) in [6, 6.07) is 9.64. The van der Waals surface area contributed by atoms with E-state index in [0.717, 1.165) is 23.8 Å². The number of hydrogen-bond acceptors (Lipinski definition) is 2. The lowest BCUT2D eigenvalue weighted by Crippen LogP contribution is -1.95. The lowest BCUT2D eigenvalue weighted by Gasteiger charge is -2.10. The quantitative estimate of drug-likeness (QED) is 0.896. The summed E-state index contributed by atoms with van der Waals surface area (Å²) in [5, 5.41) is 9.64. The van der Waals surface area contributed by atoms with Gasteiger partial charge in [-0.3, -0.25) is 0 Å². The molecule has 100 valence electrons. The van der Waals surface area contributed by atoms with Crippen LogP contribution in [-0.4, -0.2) is 5.11 Å². The minimum absolute atomic E-state index is 0.163. The Balaban J connectivity index is 2.17. The molecule has 1 N–H and O–H groups in total. The van der Waals surface area contributed by atoms with Crippen molar-refractivity contribution in [2.75, 3.05) is 0 Å². The van der Waals surface area contributed by atoms with Crippen molar-refractivity contribution in [2.45, 2.75) is 19.4 Å². The molecule has 19 heavy (non-hydrogen) atoms. The zero-order valence-corrected chi connectivity index (χ0v) is 10.4. The van der Waals surface area contributed by atoms with Crippen molar-refractivity contribution in [1.29, 1.82) is 0 Å². The van der Waals surface area contributed by atoms with Crippen molar-refractivity contribution >= 4 is 0 Å². The molecule has 0 aromatic heterocycles. The van der Waals surface area contributed by atoms with Crippen LogP contribution >= 0.6 is 0 Å². The molecule has 0 amide bonds. The first-order valence-electron chi connectivity index (χ1n) is 6.01. The van der Waals surface area contributed by atoms with Gasteiger partial charge in [0.25, 0.3) is 0 Å². The van der Waals surface area contributed by atoms with Gasteiger partial charge in [0.1, 0.15) is 11.6 Å². The van der Waals surface area contributed by atoms with Crippen LogP contribution in [0.5, 0.6) is 11.5 Å². The molecule has 0 spiro atoms. The highest BCUT2D eigenvalue weighted by atomic mass is 19.1. The summed E-state index contributed by atoms with van der Waals surface area (Å²) in [5.41, 5.74) is 0.759. The smallest absolute Gasteiger partial charge is 0.165 e. The van der Waals surface area contributed by atoms with Crippen molar-refractivity contribution in [3.63, 3.8) is 0 Å². The number of hydrogen-bond donors (Lipinski definition) is 1. The van der Waals surface area contributed by atoms with Gasteiger partial charge >= 0.3 is 0 Å². The highest BCUT2D eigenvalue weighted by molar-refractivity contribution is 5.34. The Labute approximate surface area is 110 Å². The Morgan fingerprint density at radius 3 is 2.42 bits per heavy atom. The van der Waals surface area contributed by atoms with Crippen LogP contribution in [0.4, 0.5) is 8.78 Å². The average Bonchev–Trinajstić information content (AvgIpc) is 2.43. The molecule has 0 aliphatic rings. The van der Waals surface area contributed by atoms with E-state index < -0.39 is 17.7 Å². The number of halogens is 2. The molecule has 2 aromatic rings. The number of benzene rings is 2. The van der Waals surface area contributed by atoms with E-state index in [2.05, 4.69) is 0 Å². The number of rotatable bonds is 4. The Bertz CT molecular complexity index is 553. The molecule has 2 aromatic carbocycles. The lowest BCUT2D eigenvalue weighted by atomic mass is 10.1. The van der Waals surface area contributed by atoms with Crippen LogP contribution in [0.3, 0.4) is 0 Å². The molecule has 4 heteroatoms. The van der Waals surface area contributed by atoms with Crippen molar-refractivity contribution in [3.8, 4) is 11.5 Å². The summed E-state index contributed by atoms with van der Waals surface area (Å²) in [5.74, 6) is -0.964. The summed E-state index contributed by atoms with van der Waals surface area (Å²) >= 11 is 0. The fraction of sp³-hybridized carbons (Fsp3) is 0.200. The standard InChI is InChI=1S/C15H14F2O2/c1-2-14(18)10-3-6-12(7-4-10)19-15-9-11(16)5-8-13(15)17/h3-9,14,18H,2H2,1H3/t14-/m1/s1. The minimum Gasteiger partial charge on any atom is -0.454 e. The van der Waals surface area contributed by atoms with E-state index in [0.29, 0.717) is 12.2 Å². The highest BCUT2D eigenvalue weighted by Crippen LogP contribution is 2.26. The van der Waals surface area contributed by atoms with E-state index in [1.54, 1.807) is 24.3 Å². The Morgan fingerprint density at radius 2 is 1.79 bits per heavy atom. The second kappa shape index (κ2) is 5.80. The van der Waals surface area contributed by atoms with Crippen LogP contribution in [0.15, 0.2) is 42.5 Å². The van der Waals surface area contributed by atoms with Crippen molar-refractivity contribution in [3.05, 3.63) is 59.7 Å². The normalized spacial score (nSPS) is 12.2. The lowest BCUT2D eigenvalue weighted by molar-refractivity contribution is 0.173. The van der Waals surface area contributed by atoms with Gasteiger partial charge in [-0.15, -0.1) is 0 Å². The molecule has 0 radical (unpaired) electrons. The van der Waals surface area contributed by atoms with Crippen LogP contribution in [0.1, 0.15) is 25.0 Å². The Kier molecular flexibility index (Phi) is 4.12. The molecule has 2 nitrogen and oxygen atoms in total. The van der Waals surface area contributed by atoms with Crippen molar-refractivity contribution in [1.82, 2.24) is 0 Å². The molecule has 0 saturated carbocycles. The fourth-order valence-corrected chi connectivity index (χ4v) is 1.68. The first-order chi connectivity index (χ1) is 9.10. The van der Waals surface area contributed by atoms with E-state index in [-0.39, 0.29) is 5.75 Å². The first-order valence-corrected chi connectivity index (χ1v) is 6.01. The van der Waals surface area contributed by atoms with Crippen LogP contribution < -0.4 is 4.74 Å². The van der Waals surface area contributed by atoms with Gasteiger partial charge in [-0.1, -0.05) is 19.1 Å². The zero-order valence-electron chi connectivity index (χ0n) is 10.4. The molecule has 0 fully saturated rings. The topological polar surface area (TPSA) is 29.5 Å². The Hall–Kier alpha value is -1.94. The molecule has 1 atom stereocenters. The van der Waals surface area contributed by atoms with E-state index >= 15 is 0 Å². The van der Waals surface area contributed by atoms with Gasteiger partial charge < -0.3 is 9.84 Å². The van der Waals surface area contributed by atoms with Crippen LogP contribution in [-0.2, 0) is 0 Å². The van der Waals surface area contributed by atoms with Gasteiger partial charge in [0, 0.05) is 6.07 Å². The van der Waals surface area contributed by atoms with Crippen LogP contribution in [0, 0.1) is 11.6 Å². The summed E-state index contributed by atoms with van der Waals surface area (Å²) in [7, 11) is 0. The third kappa shape index (κ3) is 3.29. The van der Waals surface area contributed by atoms with Gasteiger partial charge in [-0.2, -0.15) is 0 Å². The second-order valence-electron chi connectivity index (χ2n) is 4.17. The van der Waals surface area contributed by atoms with Crippen LogP contribution in [0.2, 0.25) is 0 Å². The molecule has 0 heterocycles. The zero-order chi connectivity index (χ0) is 13.8. The van der Waals surface area contributed by atoms with Crippen molar-refractivity contribution in [2.24, 2.45) is 0 Å². The summed E-state index contributed by atoms with van der Waals surface area (Å²) in [4.78, 5) is 0. The minimum atomic E-state index is -0.626. The number of aliphatic hydroxyl groups excluding tert-OH is 1. The molecule has 0 aliphatic heterocycles. The molecule has 2 rings (SSSR count). The molecule has 0 bridgehead atoms. The molecular formula is C15H14F2O2. The maximum atomic E-state index is 13.4. The highest BCUT2D eigenvalue weighted by Gasteiger charge is 2.08. The SMILES string of the molecule is CC[C@@H](O)c1ccc(Oc2cc(F)ccc2F)cc1. The van der Waals surface area contributed by atoms with Crippen molar-refractivity contribution < 1.29 is 18.6 Å². The Morgan fingerprint density at radius 1 is 1.11 bits per heavy atom. The maximum absolute atomic E-state index is 13.4. The van der Waals surface area contributed by atoms with Gasteiger partial charge in [0.05, 0.1) is 6.10 Å². The first kappa shape index (κ1) is 13.5. The number of ether oxygens (including phenoxy) is 1. The van der Waals surface area contributed by atoms with Gasteiger partial charge in [-0.25, -0.2) is 8.78 Å².